The summed E-state index contributed by atoms with van der Waals surface area (Å²) in [5, 5.41) is 2.07. The highest BCUT2D eigenvalue weighted by Gasteiger charge is 2.40. The molecule has 0 atom stereocenters. The van der Waals surface area contributed by atoms with Crippen LogP contribution >= 0.6 is 0 Å². The van der Waals surface area contributed by atoms with Gasteiger partial charge in [-0.25, -0.2) is 9.74 Å². The molecule has 0 unspecified atom stereocenters. The molecule has 5 heteroatoms. The summed E-state index contributed by atoms with van der Waals surface area (Å²) in [5.41, 5.74) is 11.1. The minimum atomic E-state index is -0.365. The predicted octanol–water partition coefficient (Wildman–Crippen LogP) is 11.4. The van der Waals surface area contributed by atoms with Crippen molar-refractivity contribution in [1.82, 2.24) is 4.57 Å². The van der Waals surface area contributed by atoms with Crippen LogP contribution in [-0.4, -0.2) is 16.4 Å². The van der Waals surface area contributed by atoms with Crippen molar-refractivity contribution in [1.29, 1.82) is 0 Å². The third-order valence-electron chi connectivity index (χ3n) is 9.89. The van der Waals surface area contributed by atoms with Crippen molar-refractivity contribution in [3.63, 3.8) is 0 Å². The molecule has 1 aliphatic rings. The highest BCUT2D eigenvalue weighted by atomic mass is 16.2. The minimum absolute atomic E-state index is 0.354. The zero-order chi connectivity index (χ0) is 34.6. The first kappa shape index (κ1) is 30.1. The number of amides is 2. The zero-order valence-electron chi connectivity index (χ0n) is 27.7. The van der Waals surface area contributed by atoms with Crippen molar-refractivity contribution in [3.8, 4) is 39.1 Å². The van der Waals surface area contributed by atoms with Gasteiger partial charge >= 0.3 is 0 Å². The van der Waals surface area contributed by atoms with Crippen LogP contribution in [0.1, 0.15) is 26.3 Å². The first-order chi connectivity index (χ1) is 25.0. The molecule has 0 N–H and O–H groups in total. The smallest absolute Gasteiger partial charge is 0.268 e. The number of fused-ring (bicyclic) bond motifs is 4. The number of hydrogen-bond donors (Lipinski definition) is 0. The number of carbonyl (C=O) groups excluding carboxylic acids is 2. The molecule has 240 valence electrons. The summed E-state index contributed by atoms with van der Waals surface area (Å²) in [7, 11) is 0. The van der Waals surface area contributed by atoms with Gasteiger partial charge in [0.2, 0.25) is 0 Å². The van der Waals surface area contributed by atoms with E-state index in [0.29, 0.717) is 28.2 Å². The van der Waals surface area contributed by atoms with Crippen LogP contribution < -0.4 is 4.90 Å². The molecule has 0 saturated heterocycles. The third-order valence-corrected chi connectivity index (χ3v) is 9.89. The summed E-state index contributed by atoms with van der Waals surface area (Å²) >= 11 is 0. The van der Waals surface area contributed by atoms with Gasteiger partial charge in [-0.3, -0.25) is 9.59 Å². The van der Waals surface area contributed by atoms with Crippen LogP contribution in [0.4, 0.5) is 11.4 Å². The number of imide groups is 1. The highest BCUT2D eigenvalue weighted by Crippen LogP contribution is 2.44. The molecule has 2 heterocycles. The average Bonchev–Trinajstić information content (AvgIpc) is 3.66. The van der Waals surface area contributed by atoms with Crippen LogP contribution in [0.3, 0.4) is 0 Å². The lowest BCUT2D eigenvalue weighted by Crippen LogP contribution is -2.30. The number of aromatic nitrogens is 1. The van der Waals surface area contributed by atoms with Crippen molar-refractivity contribution in [3.05, 3.63) is 186 Å². The van der Waals surface area contributed by atoms with E-state index < -0.39 is 0 Å². The molecule has 0 spiro atoms. The Morgan fingerprint density at radius 3 is 1.96 bits per heavy atom. The lowest BCUT2D eigenvalue weighted by Gasteiger charge is -2.20. The van der Waals surface area contributed by atoms with Crippen LogP contribution in [0.25, 0.3) is 65.7 Å². The molecule has 7 aromatic carbocycles. The fourth-order valence-electron chi connectivity index (χ4n) is 7.57. The van der Waals surface area contributed by atoms with E-state index in [1.54, 1.807) is 6.07 Å². The molecular weight excluding hydrogens is 627 g/mol. The Kier molecular flexibility index (Phi) is 6.98. The minimum Gasteiger partial charge on any atom is -0.308 e. The molecule has 0 saturated carbocycles. The maximum absolute atomic E-state index is 14.9. The van der Waals surface area contributed by atoms with Gasteiger partial charge in [-0.2, -0.15) is 0 Å². The number of carbonyl (C=O) groups is 2. The van der Waals surface area contributed by atoms with E-state index in [4.69, 9.17) is 6.57 Å². The van der Waals surface area contributed by atoms with Gasteiger partial charge in [0.25, 0.3) is 11.8 Å². The van der Waals surface area contributed by atoms with Crippen molar-refractivity contribution < 1.29 is 9.59 Å². The van der Waals surface area contributed by atoms with Gasteiger partial charge < -0.3 is 4.57 Å². The summed E-state index contributed by atoms with van der Waals surface area (Å²) in [6, 6.07) is 51.6. The fourth-order valence-corrected chi connectivity index (χ4v) is 7.57. The number of benzene rings is 7. The van der Waals surface area contributed by atoms with Crippen molar-refractivity contribution in [2.75, 3.05) is 4.90 Å². The Bertz CT molecular complexity index is 2760. The van der Waals surface area contributed by atoms with Gasteiger partial charge in [0.05, 0.1) is 40.1 Å². The van der Waals surface area contributed by atoms with E-state index in [1.807, 2.05) is 116 Å². The first-order valence-corrected chi connectivity index (χ1v) is 16.8. The van der Waals surface area contributed by atoms with Crippen LogP contribution in [0.15, 0.2) is 158 Å². The molecule has 8 aromatic rings. The quantitative estimate of drug-likeness (QED) is 0.137. The normalized spacial score (nSPS) is 12.4. The third kappa shape index (κ3) is 4.69. The molecule has 9 rings (SSSR count). The Labute approximate surface area is 295 Å². The second kappa shape index (κ2) is 11.8. The van der Waals surface area contributed by atoms with Crippen molar-refractivity contribution >= 4 is 45.0 Å². The van der Waals surface area contributed by atoms with E-state index >= 15 is 0 Å². The fraction of sp³-hybridized carbons (Fsp3) is 0.0217. The molecule has 1 aliphatic heterocycles. The summed E-state index contributed by atoms with van der Waals surface area (Å²) in [5.74, 6) is -0.718. The van der Waals surface area contributed by atoms with Gasteiger partial charge in [0.1, 0.15) is 0 Å². The largest absolute Gasteiger partial charge is 0.308 e. The lowest BCUT2D eigenvalue weighted by atomic mass is 9.97. The van der Waals surface area contributed by atoms with Gasteiger partial charge in [0.15, 0.2) is 5.69 Å². The van der Waals surface area contributed by atoms with Crippen LogP contribution in [0, 0.1) is 13.5 Å². The Balaban J connectivity index is 1.27. The molecule has 0 bridgehead atoms. The monoisotopic (exact) mass is 655 g/mol. The van der Waals surface area contributed by atoms with Crippen molar-refractivity contribution in [2.45, 2.75) is 6.92 Å². The molecule has 1 aromatic heterocycles. The molecule has 0 fully saturated rings. The molecule has 0 aliphatic carbocycles. The SMILES string of the molecule is [C-]#[N+]c1ccc(-c2cccc3c4ccccc4n(-c4cccc5c4C(=O)N(c4ccc(-c6ccccc6)cc4-c4ccccc4)C5=O)c23)c(C)c1. The molecule has 51 heavy (non-hydrogen) atoms. The molecule has 2 amide bonds. The summed E-state index contributed by atoms with van der Waals surface area (Å²) < 4.78 is 2.13. The van der Waals surface area contributed by atoms with Gasteiger partial charge in [-0.05, 0) is 59.5 Å². The number of nitrogens with zero attached hydrogens (tertiary/aromatic N) is 3. The topological polar surface area (TPSA) is 46.7 Å². The van der Waals surface area contributed by atoms with Crippen LogP contribution in [0.5, 0.6) is 0 Å². The maximum atomic E-state index is 14.9. The van der Waals surface area contributed by atoms with E-state index in [1.165, 1.54) is 4.90 Å². The summed E-state index contributed by atoms with van der Waals surface area (Å²) in [6.07, 6.45) is 0. The molecule has 5 nitrogen and oxygen atoms in total. The molecular formula is C46H29N3O2. The van der Waals surface area contributed by atoms with E-state index in [0.717, 1.165) is 60.8 Å². The second-order valence-corrected chi connectivity index (χ2v) is 12.8. The number of aryl methyl sites for hydroxylation is 1. The van der Waals surface area contributed by atoms with Crippen LogP contribution in [-0.2, 0) is 0 Å². The van der Waals surface area contributed by atoms with Crippen molar-refractivity contribution in [2.24, 2.45) is 0 Å². The van der Waals surface area contributed by atoms with E-state index in [9.17, 15) is 9.59 Å². The van der Waals surface area contributed by atoms with Crippen LogP contribution in [0.2, 0.25) is 0 Å². The van der Waals surface area contributed by atoms with Gasteiger partial charge in [-0.1, -0.05) is 133 Å². The number of hydrogen-bond acceptors (Lipinski definition) is 2. The number of rotatable bonds is 5. The van der Waals surface area contributed by atoms with Gasteiger partial charge in [0, 0.05) is 21.9 Å². The first-order valence-electron chi connectivity index (χ1n) is 16.8. The Hall–Kier alpha value is -7.03. The number of para-hydroxylation sites is 2. The predicted molar refractivity (Wildman–Crippen MR) is 206 cm³/mol. The Morgan fingerprint density at radius 2 is 1.20 bits per heavy atom. The summed E-state index contributed by atoms with van der Waals surface area (Å²) in [6.45, 7) is 9.54. The highest BCUT2D eigenvalue weighted by molar-refractivity contribution is 6.36. The standard InChI is InChI=1S/C46H29N3O2/c1-29-27-33(47-2)24-25-34(29)36-18-11-19-37-35-17-9-10-21-40(35)48(44(36)37)42-22-12-20-38-43(42)46(51)49(45(38)50)41-26-23-32(30-13-5-3-6-14-30)28-39(41)31-15-7-4-8-16-31/h3-28H,1H3. The number of anilines is 1. The maximum Gasteiger partial charge on any atom is 0.268 e. The summed E-state index contributed by atoms with van der Waals surface area (Å²) in [4.78, 5) is 34.3. The molecule has 0 radical (unpaired) electrons. The second-order valence-electron chi connectivity index (χ2n) is 12.8. The Morgan fingerprint density at radius 1 is 0.510 bits per heavy atom. The zero-order valence-corrected chi connectivity index (χ0v) is 27.7. The van der Waals surface area contributed by atoms with Gasteiger partial charge in [-0.15, -0.1) is 0 Å². The van der Waals surface area contributed by atoms with E-state index in [2.05, 4.69) is 51.9 Å². The lowest BCUT2D eigenvalue weighted by molar-refractivity contribution is 0.0926. The average molecular weight is 656 g/mol. The van der Waals surface area contributed by atoms with E-state index in [-0.39, 0.29) is 11.8 Å².